The molecule has 3 rings (SSSR count). The summed E-state index contributed by atoms with van der Waals surface area (Å²) in [7, 11) is 5.91. The summed E-state index contributed by atoms with van der Waals surface area (Å²) in [6, 6.07) is 8.76. The van der Waals surface area contributed by atoms with E-state index in [1.807, 2.05) is 0 Å². The van der Waals surface area contributed by atoms with Gasteiger partial charge in [0.25, 0.3) is 5.91 Å². The number of rotatable bonds is 6. The average molecular weight is 403 g/mol. The fourth-order valence-corrected chi connectivity index (χ4v) is 2.74. The van der Waals surface area contributed by atoms with E-state index in [2.05, 4.69) is 4.98 Å². The molecule has 2 radical (unpaired) electrons. The molecule has 0 spiro atoms. The Bertz CT molecular complexity index is 1020. The molecule has 1 atom stereocenters. The van der Waals surface area contributed by atoms with Gasteiger partial charge in [-0.1, -0.05) is 30.7 Å². The molecule has 1 aromatic heterocycles. The molecule has 3 aromatic rings. The number of ether oxygens (including phenoxy) is 1. The third kappa shape index (κ3) is 3.87. The summed E-state index contributed by atoms with van der Waals surface area (Å²) in [5, 5.41) is 0.554. The molecule has 0 saturated carbocycles. The largest absolute Gasteiger partial charge is 0.478 e. The lowest BCUT2D eigenvalue weighted by molar-refractivity contribution is 0.0989. The Kier molecular flexibility index (Phi) is 5.69. The van der Waals surface area contributed by atoms with Gasteiger partial charge in [-0.15, -0.1) is 0 Å². The molecule has 0 fully saturated rings. The quantitative estimate of drug-likeness (QED) is 0.638. The maximum absolute atomic E-state index is 14.4. The highest BCUT2D eigenvalue weighted by Crippen LogP contribution is 2.30. The molecule has 0 bridgehead atoms. The van der Waals surface area contributed by atoms with Crippen molar-refractivity contribution >= 4 is 31.0 Å². The minimum Gasteiger partial charge on any atom is -0.478 e. The van der Waals surface area contributed by atoms with Crippen molar-refractivity contribution in [2.24, 2.45) is 5.73 Å². The van der Waals surface area contributed by atoms with Gasteiger partial charge >= 0.3 is 0 Å². The number of carbonyl (C=O) groups excluding carboxylic acids is 1. The third-order valence-electron chi connectivity index (χ3n) is 4.01. The van der Waals surface area contributed by atoms with Crippen molar-refractivity contribution in [3.8, 4) is 17.0 Å². The van der Waals surface area contributed by atoms with E-state index in [9.17, 15) is 13.6 Å². The number of nitrogens with zero attached hydrogens (tertiary/aromatic N) is 1. The van der Waals surface area contributed by atoms with Crippen LogP contribution in [-0.2, 0) is 0 Å². The predicted molar refractivity (Wildman–Crippen MR) is 101 cm³/mol. The van der Waals surface area contributed by atoms with Crippen LogP contribution < -0.4 is 16.1 Å². The van der Waals surface area contributed by atoms with Crippen LogP contribution in [0.25, 0.3) is 11.3 Å². The molecule has 0 aliphatic carbocycles. The second-order valence-corrected chi connectivity index (χ2v) is 6.32. The second-order valence-electron chi connectivity index (χ2n) is 5.89. The summed E-state index contributed by atoms with van der Waals surface area (Å²) < 4.78 is 39.1. The van der Waals surface area contributed by atoms with Crippen molar-refractivity contribution in [3.05, 3.63) is 64.5 Å². The predicted octanol–water partition coefficient (Wildman–Crippen LogP) is 3.70. The first-order valence-corrected chi connectivity index (χ1v) is 8.66. The van der Waals surface area contributed by atoms with Crippen molar-refractivity contribution < 1.29 is 22.7 Å². The van der Waals surface area contributed by atoms with Crippen molar-refractivity contribution in [1.29, 1.82) is 0 Å². The Morgan fingerprint density at radius 1 is 1.29 bits per heavy atom. The van der Waals surface area contributed by atoms with E-state index < -0.39 is 29.2 Å². The van der Waals surface area contributed by atoms with Gasteiger partial charge in [-0.05, 0) is 30.7 Å². The lowest BCUT2D eigenvalue weighted by Crippen LogP contribution is -2.17. The number of carbonyl (C=O) groups is 1. The Morgan fingerprint density at radius 3 is 2.57 bits per heavy atom. The molecule has 2 N–H and O–H groups in total. The van der Waals surface area contributed by atoms with Gasteiger partial charge in [0.15, 0.2) is 25.5 Å². The Balaban J connectivity index is 1.93. The van der Waals surface area contributed by atoms with Crippen LogP contribution in [0.4, 0.5) is 8.78 Å². The van der Waals surface area contributed by atoms with Gasteiger partial charge in [-0.2, -0.15) is 0 Å². The fraction of sp³-hybridized carbons (Fsp3) is 0.158. The zero-order valence-electron chi connectivity index (χ0n) is 14.7. The van der Waals surface area contributed by atoms with Crippen molar-refractivity contribution in [2.75, 3.05) is 0 Å². The monoisotopic (exact) mass is 402 g/mol. The van der Waals surface area contributed by atoms with Crippen LogP contribution in [-0.4, -0.2) is 18.7 Å². The lowest BCUT2D eigenvalue weighted by atomic mass is 9.99. The summed E-state index contributed by atoms with van der Waals surface area (Å²) in [5.41, 5.74) is 5.26. The number of hydrogen-bond donors (Lipinski definition) is 1. The number of oxazole rings is 1. The minimum atomic E-state index is -1.24. The van der Waals surface area contributed by atoms with E-state index in [1.165, 1.54) is 0 Å². The van der Waals surface area contributed by atoms with E-state index in [4.69, 9.17) is 34.3 Å². The Labute approximate surface area is 165 Å². The molecule has 142 valence electrons. The summed E-state index contributed by atoms with van der Waals surface area (Å²) in [6.07, 6.45) is -0.494. The van der Waals surface area contributed by atoms with Crippen molar-refractivity contribution in [1.82, 2.24) is 4.98 Å². The zero-order chi connectivity index (χ0) is 20.4. The average Bonchev–Trinajstić information content (AvgIpc) is 3.03. The molecule has 1 unspecified atom stereocenters. The Morgan fingerprint density at radius 2 is 1.96 bits per heavy atom. The smallest absolute Gasteiger partial charge is 0.254 e. The van der Waals surface area contributed by atoms with E-state index in [0.29, 0.717) is 22.7 Å². The fourth-order valence-electron chi connectivity index (χ4n) is 2.61. The van der Waals surface area contributed by atoms with Crippen LogP contribution in [0.2, 0.25) is 5.02 Å². The topological polar surface area (TPSA) is 78.4 Å². The number of amides is 1. The van der Waals surface area contributed by atoms with Gasteiger partial charge < -0.3 is 14.9 Å². The molecule has 0 aliphatic rings. The molecule has 1 heterocycles. The summed E-state index contributed by atoms with van der Waals surface area (Å²) in [4.78, 5) is 15.6. The summed E-state index contributed by atoms with van der Waals surface area (Å²) in [5.74, 6) is -3.75. The lowest BCUT2D eigenvalue weighted by Gasteiger charge is -2.16. The second kappa shape index (κ2) is 8.02. The normalized spacial score (nSPS) is 12.0. The van der Waals surface area contributed by atoms with Crippen LogP contribution in [0.15, 0.2) is 40.8 Å². The van der Waals surface area contributed by atoms with Gasteiger partial charge in [0.05, 0.1) is 5.66 Å². The molecular formula is C19H14BClF2N2O3. The molecule has 0 aliphatic heterocycles. The van der Waals surface area contributed by atoms with Crippen LogP contribution in [0.5, 0.6) is 5.75 Å². The van der Waals surface area contributed by atoms with E-state index in [-0.39, 0.29) is 17.3 Å². The molecule has 2 aromatic carbocycles. The third-order valence-corrected chi connectivity index (χ3v) is 4.26. The van der Waals surface area contributed by atoms with E-state index in [0.717, 1.165) is 12.1 Å². The van der Waals surface area contributed by atoms with E-state index in [1.54, 1.807) is 31.2 Å². The first-order chi connectivity index (χ1) is 13.3. The Hall–Kier alpha value is -2.87. The number of halogens is 3. The number of primary amides is 1. The van der Waals surface area contributed by atoms with Gasteiger partial charge in [-0.25, -0.2) is 13.8 Å². The summed E-state index contributed by atoms with van der Waals surface area (Å²) in [6.45, 7) is 1.75. The highest BCUT2D eigenvalue weighted by molar-refractivity contribution is 6.33. The maximum Gasteiger partial charge on any atom is 0.254 e. The number of nitrogens with two attached hydrogens (primary N) is 1. The van der Waals surface area contributed by atoms with E-state index >= 15 is 0 Å². The summed E-state index contributed by atoms with van der Waals surface area (Å²) >= 11 is 5.88. The molecule has 9 heteroatoms. The molecule has 28 heavy (non-hydrogen) atoms. The van der Waals surface area contributed by atoms with Crippen LogP contribution in [0.1, 0.15) is 35.7 Å². The molecule has 5 nitrogen and oxygen atoms in total. The first-order valence-electron chi connectivity index (χ1n) is 8.28. The van der Waals surface area contributed by atoms with Gasteiger partial charge in [0.1, 0.15) is 17.1 Å². The van der Waals surface area contributed by atoms with Gasteiger partial charge in [-0.3, -0.25) is 4.79 Å². The number of benzene rings is 2. The van der Waals surface area contributed by atoms with Gasteiger partial charge in [0.2, 0.25) is 5.89 Å². The number of hydrogen-bond acceptors (Lipinski definition) is 4. The molecule has 0 saturated heterocycles. The van der Waals surface area contributed by atoms with Crippen molar-refractivity contribution in [2.45, 2.75) is 19.4 Å². The highest BCUT2D eigenvalue weighted by Gasteiger charge is 2.25. The van der Waals surface area contributed by atoms with Crippen LogP contribution in [0, 0.1) is 11.6 Å². The highest BCUT2D eigenvalue weighted by atomic mass is 35.5. The van der Waals surface area contributed by atoms with Crippen LogP contribution in [0.3, 0.4) is 0 Å². The maximum atomic E-state index is 14.4. The van der Waals surface area contributed by atoms with Gasteiger partial charge in [0, 0.05) is 10.6 Å². The number of aromatic nitrogens is 1. The molecular weight excluding hydrogens is 388 g/mol. The van der Waals surface area contributed by atoms with Crippen molar-refractivity contribution in [3.63, 3.8) is 0 Å². The minimum absolute atomic E-state index is 0.0526. The SMILES string of the molecule is [B]c1oc(C(CC)Oc2ccc(F)c(C(N)=O)c2F)nc1-c1ccc(Cl)cc1. The zero-order valence-corrected chi connectivity index (χ0v) is 15.5. The van der Waals surface area contributed by atoms with Crippen LogP contribution >= 0.6 is 11.6 Å². The standard InChI is InChI=1S/C19H14BClF2N2O3/c1-2-12(27-13-8-7-11(22)14(15(13)23)18(24)26)19-25-16(17(20)28-19)9-3-5-10(21)6-4-9/h3-8,12H,2H2,1H3,(H2,24,26). The first kappa shape index (κ1) is 19.9. The molecule has 1 amide bonds.